The molecule has 0 amide bonds. The van der Waals surface area contributed by atoms with Gasteiger partial charge in [-0.1, -0.05) is 0 Å². The third kappa shape index (κ3) is 2.92. The van der Waals surface area contributed by atoms with E-state index in [2.05, 4.69) is 4.31 Å². The number of morpholine rings is 1. The first kappa shape index (κ1) is 7.89. The van der Waals surface area contributed by atoms with Crippen molar-refractivity contribution in [1.82, 2.24) is 4.31 Å². The van der Waals surface area contributed by atoms with Crippen molar-refractivity contribution in [3.05, 3.63) is 0 Å². The molecule has 1 aliphatic heterocycles. The lowest BCUT2D eigenvalue weighted by molar-refractivity contribution is 0.0779. The van der Waals surface area contributed by atoms with Gasteiger partial charge in [-0.3, -0.25) is 0 Å². The molecule has 0 aromatic rings. The fraction of sp³-hybridized carbons (Fsp3) is 1.00. The van der Waals surface area contributed by atoms with E-state index < -0.39 is 0 Å². The minimum absolute atomic E-state index is 0.859. The summed E-state index contributed by atoms with van der Waals surface area (Å²) in [5.74, 6) is 0. The van der Waals surface area contributed by atoms with Crippen LogP contribution in [0.1, 0.15) is 0 Å². The van der Waals surface area contributed by atoms with Crippen LogP contribution < -0.4 is 0 Å². The molecule has 0 spiro atoms. The predicted molar refractivity (Wildman–Crippen MR) is 44.3 cm³/mol. The van der Waals surface area contributed by atoms with Crippen molar-refractivity contribution >= 4 is 29.9 Å². The Morgan fingerprint density at radius 2 is 2.11 bits per heavy atom. The van der Waals surface area contributed by atoms with Gasteiger partial charge in [-0.25, -0.2) is 4.31 Å². The number of ether oxygens (including phenoxy) is 1. The van der Waals surface area contributed by atoms with Crippen LogP contribution in [0.4, 0.5) is 0 Å². The largest absolute Gasteiger partial charge is 0.379 e. The predicted octanol–water partition coefficient (Wildman–Crippen LogP) is 1.29. The lowest BCUT2D eigenvalue weighted by atomic mass is 10.5. The Labute approximate surface area is 65.7 Å². The van der Waals surface area contributed by atoms with Gasteiger partial charge in [0.25, 0.3) is 0 Å². The summed E-state index contributed by atoms with van der Waals surface area (Å²) in [7, 11) is 0. The first-order valence-corrected chi connectivity index (χ1v) is 6.04. The second-order valence-electron chi connectivity index (χ2n) is 1.70. The van der Waals surface area contributed by atoms with Crippen molar-refractivity contribution in [3.63, 3.8) is 0 Å². The van der Waals surface area contributed by atoms with Crippen molar-refractivity contribution in [1.29, 1.82) is 0 Å². The van der Waals surface area contributed by atoms with E-state index in [1.807, 2.05) is 0 Å². The van der Waals surface area contributed by atoms with Gasteiger partial charge in [-0.2, -0.15) is 0 Å². The molecule has 2 nitrogen and oxygen atoms in total. The number of nitrogens with zero attached hydrogens (tertiary/aromatic N) is 1. The average Bonchev–Trinajstić information content (AvgIpc) is 1.91. The van der Waals surface area contributed by atoms with Gasteiger partial charge in [0.15, 0.2) is 0 Å². The van der Waals surface area contributed by atoms with Crippen LogP contribution in [0.2, 0.25) is 0 Å². The quantitative estimate of drug-likeness (QED) is 0.470. The summed E-state index contributed by atoms with van der Waals surface area (Å²) in [5, 5.41) is 0. The summed E-state index contributed by atoms with van der Waals surface area (Å²) in [4.78, 5) is 0. The Balaban J connectivity index is 2.15. The third-order valence-electron chi connectivity index (χ3n) is 1.12. The molecule has 0 N–H and O–H groups in total. The molecule has 9 heavy (non-hydrogen) atoms. The van der Waals surface area contributed by atoms with Crippen LogP contribution in [0.5, 0.6) is 0 Å². The van der Waals surface area contributed by atoms with Gasteiger partial charge < -0.3 is 4.74 Å². The van der Waals surface area contributed by atoms with E-state index >= 15 is 0 Å². The van der Waals surface area contributed by atoms with Gasteiger partial charge in [0.1, 0.15) is 0 Å². The van der Waals surface area contributed by atoms with Crippen molar-refractivity contribution in [2.75, 3.05) is 26.3 Å². The Kier molecular flexibility index (Phi) is 4.02. The van der Waals surface area contributed by atoms with Gasteiger partial charge in [0.05, 0.1) is 19.8 Å². The van der Waals surface area contributed by atoms with E-state index in [0.29, 0.717) is 0 Å². The summed E-state index contributed by atoms with van der Waals surface area (Å²) in [6.07, 6.45) is 0. The Morgan fingerprint density at radius 1 is 1.44 bits per heavy atom. The summed E-state index contributed by atoms with van der Waals surface area (Å²) in [6, 6.07) is 0. The van der Waals surface area contributed by atoms with Crippen LogP contribution in [-0.4, -0.2) is 30.6 Å². The lowest BCUT2D eigenvalue weighted by Crippen LogP contribution is -2.29. The maximum Gasteiger partial charge on any atom is 0.0603 e. The molecule has 0 atom stereocenters. The van der Waals surface area contributed by atoms with E-state index in [4.69, 9.17) is 16.5 Å². The zero-order chi connectivity index (χ0) is 6.53. The van der Waals surface area contributed by atoms with Crippen LogP contribution in [0.3, 0.4) is 0 Å². The molecule has 0 aliphatic carbocycles. The van der Waals surface area contributed by atoms with Gasteiger partial charge in [0.2, 0.25) is 0 Å². The number of rotatable bonds is 2. The Hall–Kier alpha value is 0.790. The molecule has 5 heteroatoms. The fourth-order valence-electron chi connectivity index (χ4n) is 0.675. The van der Waals surface area contributed by atoms with Crippen LogP contribution in [0.25, 0.3) is 0 Å². The molecule has 0 aromatic carbocycles. The highest BCUT2D eigenvalue weighted by atomic mass is 32.9. The maximum atomic E-state index is 5.15. The minimum atomic E-state index is 0.859. The van der Waals surface area contributed by atoms with E-state index in [0.717, 1.165) is 32.9 Å². The van der Waals surface area contributed by atoms with Crippen LogP contribution in [0, 0.1) is 0 Å². The number of hydrogen-bond acceptors (Lipinski definition) is 4. The molecule has 1 saturated heterocycles. The average molecular weight is 181 g/mol. The van der Waals surface area contributed by atoms with Crippen LogP contribution in [0.15, 0.2) is 0 Å². The van der Waals surface area contributed by atoms with Gasteiger partial charge in [-0.05, 0) is 23.4 Å². The highest BCUT2D eigenvalue weighted by Crippen LogP contribution is 2.23. The van der Waals surface area contributed by atoms with Gasteiger partial charge in [0, 0.05) is 13.1 Å². The van der Waals surface area contributed by atoms with Crippen molar-refractivity contribution in [2.45, 2.75) is 0 Å². The molecule has 0 radical (unpaired) electrons. The second kappa shape index (κ2) is 4.58. The highest BCUT2D eigenvalue weighted by Gasteiger charge is 2.08. The normalized spacial score (nSPS) is 22.7. The third-order valence-corrected chi connectivity index (χ3v) is 3.27. The van der Waals surface area contributed by atoms with Crippen LogP contribution in [-0.2, 0) is 16.5 Å². The standard InChI is InChI=1S/C4H8NOPS2/c8-7-9-5-1-3-6-4-2-5/h1-4H2. The molecule has 1 aliphatic rings. The molecule has 1 fully saturated rings. The minimum Gasteiger partial charge on any atom is -0.379 e. The SMILES string of the molecule is S=PSN1CCOCC1. The van der Waals surface area contributed by atoms with E-state index in [1.54, 1.807) is 11.6 Å². The molecule has 0 aromatic heterocycles. The highest BCUT2D eigenvalue weighted by molar-refractivity contribution is 8.56. The lowest BCUT2D eigenvalue weighted by Gasteiger charge is -2.22. The zero-order valence-electron chi connectivity index (χ0n) is 4.95. The van der Waals surface area contributed by atoms with Crippen molar-refractivity contribution in [3.8, 4) is 0 Å². The molecule has 1 heterocycles. The van der Waals surface area contributed by atoms with E-state index in [9.17, 15) is 0 Å². The Morgan fingerprint density at radius 3 is 2.67 bits per heavy atom. The summed E-state index contributed by atoms with van der Waals surface area (Å²) >= 11 is 6.48. The van der Waals surface area contributed by atoms with E-state index in [-0.39, 0.29) is 0 Å². The van der Waals surface area contributed by atoms with Gasteiger partial charge >= 0.3 is 0 Å². The zero-order valence-corrected chi connectivity index (χ0v) is 7.48. The molecule has 0 saturated carbocycles. The van der Waals surface area contributed by atoms with Gasteiger partial charge in [-0.15, -0.1) is 0 Å². The van der Waals surface area contributed by atoms with Crippen LogP contribution >= 0.6 is 18.1 Å². The Bertz CT molecular complexity index is 96.6. The molecular formula is C4H8NOPS2. The molecule has 0 unspecified atom stereocenters. The topological polar surface area (TPSA) is 12.5 Å². The molecular weight excluding hydrogens is 173 g/mol. The van der Waals surface area contributed by atoms with Crippen molar-refractivity contribution < 1.29 is 4.74 Å². The van der Waals surface area contributed by atoms with Crippen molar-refractivity contribution in [2.24, 2.45) is 0 Å². The first-order valence-electron chi connectivity index (χ1n) is 2.76. The molecule has 0 bridgehead atoms. The fourth-order valence-corrected chi connectivity index (χ4v) is 2.70. The summed E-state index contributed by atoms with van der Waals surface area (Å²) < 4.78 is 7.40. The van der Waals surface area contributed by atoms with E-state index in [1.165, 1.54) is 0 Å². The maximum absolute atomic E-state index is 5.15. The smallest absolute Gasteiger partial charge is 0.0603 e. The second-order valence-corrected chi connectivity index (χ2v) is 4.81. The molecule has 1 rings (SSSR count). The number of hydrogen-bond donors (Lipinski definition) is 0. The summed E-state index contributed by atoms with van der Waals surface area (Å²) in [6.45, 7) is 4.73. The summed E-state index contributed by atoms with van der Waals surface area (Å²) in [5.41, 5.74) is 0. The first-order chi connectivity index (χ1) is 4.43. The molecule has 52 valence electrons. The monoisotopic (exact) mass is 181 g/mol.